The predicted octanol–water partition coefficient (Wildman–Crippen LogP) is 3.75. The first-order valence-corrected chi connectivity index (χ1v) is 9.86. The molecule has 2 aromatic carbocycles. The molecule has 0 aliphatic carbocycles. The van der Waals surface area contributed by atoms with Gasteiger partial charge in [-0.15, -0.1) is 11.3 Å². The Labute approximate surface area is 152 Å². The highest BCUT2D eigenvalue weighted by Gasteiger charge is 2.19. The van der Waals surface area contributed by atoms with Crippen LogP contribution in [-0.4, -0.2) is 19.9 Å². The van der Waals surface area contributed by atoms with E-state index in [1.165, 1.54) is 23.5 Å². The van der Waals surface area contributed by atoms with Crippen molar-refractivity contribution in [1.82, 2.24) is 9.71 Å². The van der Waals surface area contributed by atoms with E-state index in [1.54, 1.807) is 17.5 Å². The number of aromatic nitrogens is 1. The number of hydrogen-bond donors (Lipinski definition) is 1. The van der Waals surface area contributed by atoms with Crippen molar-refractivity contribution in [2.45, 2.75) is 11.3 Å². The molecule has 1 heterocycles. The van der Waals surface area contributed by atoms with Gasteiger partial charge in [0.1, 0.15) is 27.4 Å². The minimum Gasteiger partial charge on any atom is -0.241 e. The van der Waals surface area contributed by atoms with Gasteiger partial charge >= 0.3 is 0 Å². The molecule has 9 heteroatoms. The molecule has 3 rings (SSSR count). The van der Waals surface area contributed by atoms with Crippen molar-refractivity contribution < 1.29 is 21.6 Å². The summed E-state index contributed by atoms with van der Waals surface area (Å²) in [6.07, 6.45) is 0.272. The number of sulfonamides is 1. The van der Waals surface area contributed by atoms with E-state index in [0.717, 1.165) is 17.7 Å². The van der Waals surface area contributed by atoms with E-state index in [2.05, 4.69) is 9.71 Å². The maximum Gasteiger partial charge on any atom is 0.243 e. The number of halogens is 3. The topological polar surface area (TPSA) is 59.1 Å². The van der Waals surface area contributed by atoms with Gasteiger partial charge in [0.05, 0.1) is 5.69 Å². The summed E-state index contributed by atoms with van der Waals surface area (Å²) in [6, 6.07) is 8.12. The highest BCUT2D eigenvalue weighted by atomic mass is 32.2. The monoisotopic (exact) mass is 398 g/mol. The molecule has 0 aliphatic heterocycles. The largest absolute Gasteiger partial charge is 0.243 e. The summed E-state index contributed by atoms with van der Waals surface area (Å²) in [4.78, 5) is 3.63. The molecule has 0 atom stereocenters. The molecule has 0 amide bonds. The van der Waals surface area contributed by atoms with E-state index in [9.17, 15) is 21.6 Å². The van der Waals surface area contributed by atoms with Crippen molar-refractivity contribution in [3.05, 3.63) is 71.0 Å². The number of benzene rings is 2. The maximum atomic E-state index is 13.6. The van der Waals surface area contributed by atoms with Crippen LogP contribution in [0.15, 0.2) is 52.7 Å². The van der Waals surface area contributed by atoms with E-state index in [0.29, 0.717) is 16.8 Å². The van der Waals surface area contributed by atoms with Crippen LogP contribution in [0.4, 0.5) is 13.2 Å². The molecular formula is C17H13F3N2O2S2. The molecule has 0 fully saturated rings. The van der Waals surface area contributed by atoms with E-state index >= 15 is 0 Å². The Morgan fingerprint density at radius 2 is 1.69 bits per heavy atom. The molecule has 0 saturated heterocycles. The highest BCUT2D eigenvalue weighted by Crippen LogP contribution is 2.24. The number of rotatable bonds is 6. The van der Waals surface area contributed by atoms with Crippen molar-refractivity contribution in [1.29, 1.82) is 0 Å². The molecule has 1 N–H and O–H groups in total. The molecule has 3 aromatic rings. The summed E-state index contributed by atoms with van der Waals surface area (Å²) < 4.78 is 66.1. The first-order valence-electron chi connectivity index (χ1n) is 7.50. The third-order valence-corrected chi connectivity index (χ3v) is 5.92. The second kappa shape index (κ2) is 7.56. The van der Waals surface area contributed by atoms with Crippen LogP contribution in [0.1, 0.15) is 5.69 Å². The second-order valence-corrected chi connectivity index (χ2v) is 7.97. The molecule has 0 spiro atoms. The van der Waals surface area contributed by atoms with Crippen LogP contribution in [0.25, 0.3) is 10.6 Å². The molecule has 1 aromatic heterocycles. The van der Waals surface area contributed by atoms with Gasteiger partial charge in [-0.2, -0.15) is 0 Å². The summed E-state index contributed by atoms with van der Waals surface area (Å²) in [7, 11) is -4.16. The van der Waals surface area contributed by atoms with Gasteiger partial charge in [-0.05, 0) is 42.5 Å². The number of thiazole rings is 1. The SMILES string of the molecule is O=S(=O)(NCCc1csc(-c2ccc(F)cc2)n1)c1cc(F)ccc1F. The van der Waals surface area contributed by atoms with Gasteiger partial charge in [0.25, 0.3) is 0 Å². The number of nitrogens with zero attached hydrogens (tertiary/aromatic N) is 1. The van der Waals surface area contributed by atoms with Crippen molar-refractivity contribution in [2.75, 3.05) is 6.54 Å². The van der Waals surface area contributed by atoms with Gasteiger partial charge in [0, 0.05) is 23.9 Å². The zero-order chi connectivity index (χ0) is 18.7. The van der Waals surface area contributed by atoms with Gasteiger partial charge in [-0.25, -0.2) is 31.3 Å². The summed E-state index contributed by atoms with van der Waals surface area (Å²) >= 11 is 1.35. The van der Waals surface area contributed by atoms with Crippen LogP contribution in [0.5, 0.6) is 0 Å². The van der Waals surface area contributed by atoms with Crippen LogP contribution in [0.3, 0.4) is 0 Å². The molecule has 0 aliphatic rings. The molecule has 26 heavy (non-hydrogen) atoms. The molecule has 4 nitrogen and oxygen atoms in total. The van der Waals surface area contributed by atoms with Gasteiger partial charge in [0.2, 0.25) is 10.0 Å². The normalized spacial score (nSPS) is 11.7. The Morgan fingerprint density at radius 1 is 1.00 bits per heavy atom. The van der Waals surface area contributed by atoms with Crippen LogP contribution >= 0.6 is 11.3 Å². The maximum absolute atomic E-state index is 13.6. The second-order valence-electron chi connectivity index (χ2n) is 5.37. The fraction of sp³-hybridized carbons (Fsp3) is 0.118. The fourth-order valence-electron chi connectivity index (χ4n) is 2.22. The number of nitrogens with one attached hydrogen (secondary N) is 1. The Morgan fingerprint density at radius 3 is 2.42 bits per heavy atom. The highest BCUT2D eigenvalue weighted by molar-refractivity contribution is 7.89. The lowest BCUT2D eigenvalue weighted by atomic mass is 10.2. The average molecular weight is 398 g/mol. The average Bonchev–Trinajstić information content (AvgIpc) is 3.06. The standard InChI is InChI=1S/C17H13F3N2O2S2/c18-12-3-1-11(2-4-12)17-22-14(10-25-17)7-8-21-26(23,24)16-9-13(19)5-6-15(16)20/h1-6,9-10,21H,7-8H2. The Bertz CT molecular complexity index is 1020. The molecule has 0 radical (unpaired) electrons. The molecule has 0 bridgehead atoms. The summed E-state index contributed by atoms with van der Waals surface area (Å²) in [6.45, 7) is -0.0229. The lowest BCUT2D eigenvalue weighted by Gasteiger charge is -2.07. The van der Waals surface area contributed by atoms with Gasteiger partial charge in [-0.1, -0.05) is 0 Å². The van der Waals surface area contributed by atoms with E-state index < -0.39 is 26.6 Å². The first-order chi connectivity index (χ1) is 12.3. The van der Waals surface area contributed by atoms with Crippen LogP contribution in [0.2, 0.25) is 0 Å². The van der Waals surface area contributed by atoms with Crippen molar-refractivity contribution in [2.24, 2.45) is 0 Å². The minimum atomic E-state index is -4.16. The van der Waals surface area contributed by atoms with Crippen LogP contribution < -0.4 is 4.72 Å². The van der Waals surface area contributed by atoms with Gasteiger partial charge in [0.15, 0.2) is 0 Å². The Kier molecular flexibility index (Phi) is 5.40. The quantitative estimate of drug-likeness (QED) is 0.688. The van der Waals surface area contributed by atoms with Crippen molar-refractivity contribution in [3.63, 3.8) is 0 Å². The summed E-state index contributed by atoms with van der Waals surface area (Å²) in [5, 5.41) is 2.44. The molecule has 136 valence electrons. The lowest BCUT2D eigenvalue weighted by molar-refractivity contribution is 0.546. The zero-order valence-corrected chi connectivity index (χ0v) is 14.9. The predicted molar refractivity (Wildman–Crippen MR) is 92.8 cm³/mol. The lowest BCUT2D eigenvalue weighted by Crippen LogP contribution is -2.27. The zero-order valence-electron chi connectivity index (χ0n) is 13.2. The molecule has 0 unspecified atom stereocenters. The molecule has 0 saturated carbocycles. The third-order valence-electron chi connectivity index (χ3n) is 3.50. The minimum absolute atomic E-state index is 0.0229. The Balaban J connectivity index is 1.65. The van der Waals surface area contributed by atoms with Crippen LogP contribution in [-0.2, 0) is 16.4 Å². The van der Waals surface area contributed by atoms with E-state index in [1.807, 2.05) is 0 Å². The van der Waals surface area contributed by atoms with E-state index in [4.69, 9.17) is 0 Å². The van der Waals surface area contributed by atoms with Crippen molar-refractivity contribution in [3.8, 4) is 10.6 Å². The van der Waals surface area contributed by atoms with Gasteiger partial charge in [-0.3, -0.25) is 0 Å². The Hall–Kier alpha value is -2.23. The summed E-state index contributed by atoms with van der Waals surface area (Å²) in [5.41, 5.74) is 1.39. The molecular weight excluding hydrogens is 385 g/mol. The van der Waals surface area contributed by atoms with Crippen LogP contribution in [0, 0.1) is 17.5 Å². The summed E-state index contributed by atoms with van der Waals surface area (Å²) in [5.74, 6) is -2.20. The smallest absolute Gasteiger partial charge is 0.241 e. The van der Waals surface area contributed by atoms with Crippen molar-refractivity contribution >= 4 is 21.4 Å². The van der Waals surface area contributed by atoms with E-state index in [-0.39, 0.29) is 18.8 Å². The first kappa shape index (κ1) is 18.6. The third kappa shape index (κ3) is 4.29. The van der Waals surface area contributed by atoms with Gasteiger partial charge < -0.3 is 0 Å². The number of hydrogen-bond acceptors (Lipinski definition) is 4. The fourth-order valence-corrected chi connectivity index (χ4v) is 4.20.